The van der Waals surface area contributed by atoms with Gasteiger partial charge in [0.2, 0.25) is 0 Å². The third-order valence-electron chi connectivity index (χ3n) is 4.65. The summed E-state index contributed by atoms with van der Waals surface area (Å²) in [5, 5.41) is 12.8. The Morgan fingerprint density at radius 1 is 1.27 bits per heavy atom. The van der Waals surface area contributed by atoms with Gasteiger partial charge >= 0.3 is 0 Å². The third kappa shape index (κ3) is 3.21. The Bertz CT molecular complexity index is 587. The van der Waals surface area contributed by atoms with Gasteiger partial charge in [-0.15, -0.1) is 10.2 Å². The van der Waals surface area contributed by atoms with E-state index in [4.69, 9.17) is 0 Å². The maximum absolute atomic E-state index is 4.35. The van der Waals surface area contributed by atoms with E-state index in [9.17, 15) is 0 Å². The standard InChI is InChI=1S/C16H26N6/c1-3-21-13-17-19-16(21)14-6-5-10-20(12-14)11-8-15-7-9-18-22(15)4-2/h7,9,13-14H,3-6,8,10-12H2,1-2H3/t14-/m1/s1. The molecule has 0 amide bonds. The molecule has 120 valence electrons. The fourth-order valence-corrected chi connectivity index (χ4v) is 3.42. The van der Waals surface area contributed by atoms with Gasteiger partial charge in [-0.25, -0.2) is 0 Å². The van der Waals surface area contributed by atoms with Crippen molar-refractivity contribution in [3.05, 3.63) is 30.1 Å². The molecule has 0 spiro atoms. The van der Waals surface area contributed by atoms with E-state index in [2.05, 4.69) is 49.4 Å². The number of rotatable bonds is 6. The monoisotopic (exact) mass is 302 g/mol. The largest absolute Gasteiger partial charge is 0.318 e. The summed E-state index contributed by atoms with van der Waals surface area (Å²) in [6.45, 7) is 9.59. The molecule has 1 atom stereocenters. The van der Waals surface area contributed by atoms with Crippen molar-refractivity contribution in [1.29, 1.82) is 0 Å². The second kappa shape index (κ2) is 7.05. The minimum Gasteiger partial charge on any atom is -0.318 e. The number of aromatic nitrogens is 5. The number of likely N-dealkylation sites (tertiary alicyclic amines) is 1. The van der Waals surface area contributed by atoms with Crippen molar-refractivity contribution in [2.75, 3.05) is 19.6 Å². The first kappa shape index (κ1) is 15.2. The molecule has 1 aliphatic rings. The minimum atomic E-state index is 0.521. The van der Waals surface area contributed by atoms with Gasteiger partial charge in [-0.2, -0.15) is 5.10 Å². The molecule has 6 heteroatoms. The molecule has 0 unspecified atom stereocenters. The van der Waals surface area contributed by atoms with Gasteiger partial charge in [-0.3, -0.25) is 4.68 Å². The lowest BCUT2D eigenvalue weighted by Crippen LogP contribution is -2.36. The van der Waals surface area contributed by atoms with Crippen LogP contribution in [0.15, 0.2) is 18.6 Å². The topological polar surface area (TPSA) is 51.8 Å². The van der Waals surface area contributed by atoms with Gasteiger partial charge in [0.15, 0.2) is 0 Å². The van der Waals surface area contributed by atoms with Crippen LogP contribution < -0.4 is 0 Å². The maximum Gasteiger partial charge on any atom is 0.137 e. The molecule has 1 saturated heterocycles. The summed E-state index contributed by atoms with van der Waals surface area (Å²) in [4.78, 5) is 2.57. The van der Waals surface area contributed by atoms with Crippen LogP contribution in [0.3, 0.4) is 0 Å². The van der Waals surface area contributed by atoms with Gasteiger partial charge in [-0.05, 0) is 39.3 Å². The molecule has 2 aromatic heterocycles. The zero-order valence-corrected chi connectivity index (χ0v) is 13.6. The first-order valence-corrected chi connectivity index (χ1v) is 8.42. The average Bonchev–Trinajstić information content (AvgIpc) is 3.21. The summed E-state index contributed by atoms with van der Waals surface area (Å²) in [6.07, 6.45) is 7.30. The predicted octanol–water partition coefficient (Wildman–Crippen LogP) is 1.94. The number of hydrogen-bond donors (Lipinski definition) is 0. The Balaban J connectivity index is 1.59. The number of hydrogen-bond acceptors (Lipinski definition) is 4. The quantitative estimate of drug-likeness (QED) is 0.818. The highest BCUT2D eigenvalue weighted by atomic mass is 15.3. The van der Waals surface area contributed by atoms with E-state index in [1.807, 2.05) is 12.5 Å². The molecular formula is C16H26N6. The van der Waals surface area contributed by atoms with Crippen LogP contribution in [-0.2, 0) is 19.5 Å². The highest BCUT2D eigenvalue weighted by Crippen LogP contribution is 2.25. The van der Waals surface area contributed by atoms with Crippen molar-refractivity contribution < 1.29 is 0 Å². The molecule has 0 aromatic carbocycles. The SMILES string of the molecule is CCn1cnnc1[C@@H]1CCCN(CCc2ccnn2CC)C1. The molecule has 2 aromatic rings. The van der Waals surface area contributed by atoms with E-state index in [-0.39, 0.29) is 0 Å². The van der Waals surface area contributed by atoms with Gasteiger partial charge in [-0.1, -0.05) is 0 Å². The molecule has 6 nitrogen and oxygen atoms in total. The van der Waals surface area contributed by atoms with Crippen molar-refractivity contribution >= 4 is 0 Å². The second-order valence-corrected chi connectivity index (χ2v) is 6.00. The number of aryl methyl sites for hydroxylation is 2. The zero-order chi connectivity index (χ0) is 15.4. The molecule has 1 aliphatic heterocycles. The molecule has 3 rings (SSSR count). The Morgan fingerprint density at radius 3 is 3.00 bits per heavy atom. The highest BCUT2D eigenvalue weighted by molar-refractivity contribution is 5.03. The Hall–Kier alpha value is -1.69. The van der Waals surface area contributed by atoms with E-state index in [1.54, 1.807) is 0 Å². The lowest BCUT2D eigenvalue weighted by atomic mass is 9.97. The fourth-order valence-electron chi connectivity index (χ4n) is 3.42. The molecule has 22 heavy (non-hydrogen) atoms. The summed E-state index contributed by atoms with van der Waals surface area (Å²) in [7, 11) is 0. The molecule has 1 fully saturated rings. The summed E-state index contributed by atoms with van der Waals surface area (Å²) >= 11 is 0. The third-order valence-corrected chi connectivity index (χ3v) is 4.65. The molecule has 3 heterocycles. The average molecular weight is 302 g/mol. The first-order chi connectivity index (χ1) is 10.8. The van der Waals surface area contributed by atoms with E-state index < -0.39 is 0 Å². The first-order valence-electron chi connectivity index (χ1n) is 8.42. The number of nitrogens with zero attached hydrogens (tertiary/aromatic N) is 6. The molecule has 0 radical (unpaired) electrons. The summed E-state index contributed by atoms with van der Waals surface area (Å²) in [5.74, 6) is 1.68. The maximum atomic E-state index is 4.35. The van der Waals surface area contributed by atoms with Crippen LogP contribution in [0.25, 0.3) is 0 Å². The van der Waals surface area contributed by atoms with Gasteiger partial charge in [0, 0.05) is 50.4 Å². The summed E-state index contributed by atoms with van der Waals surface area (Å²) in [6, 6.07) is 2.14. The van der Waals surface area contributed by atoms with Crippen LogP contribution in [0.2, 0.25) is 0 Å². The van der Waals surface area contributed by atoms with Gasteiger partial charge in [0.05, 0.1) is 0 Å². The van der Waals surface area contributed by atoms with Gasteiger partial charge < -0.3 is 9.47 Å². The van der Waals surface area contributed by atoms with E-state index in [1.165, 1.54) is 25.1 Å². The van der Waals surface area contributed by atoms with Crippen LogP contribution in [0.5, 0.6) is 0 Å². The van der Waals surface area contributed by atoms with Crippen LogP contribution in [-0.4, -0.2) is 49.1 Å². The van der Waals surface area contributed by atoms with E-state index in [0.717, 1.165) is 38.4 Å². The van der Waals surface area contributed by atoms with Crippen molar-refractivity contribution in [1.82, 2.24) is 29.4 Å². The Kier molecular flexibility index (Phi) is 4.87. The molecule has 0 aliphatic carbocycles. The molecular weight excluding hydrogens is 276 g/mol. The fraction of sp³-hybridized carbons (Fsp3) is 0.688. The van der Waals surface area contributed by atoms with E-state index >= 15 is 0 Å². The highest BCUT2D eigenvalue weighted by Gasteiger charge is 2.24. The number of piperidine rings is 1. The van der Waals surface area contributed by atoms with Gasteiger partial charge in [0.25, 0.3) is 0 Å². The van der Waals surface area contributed by atoms with Crippen molar-refractivity contribution in [3.8, 4) is 0 Å². The van der Waals surface area contributed by atoms with Gasteiger partial charge in [0.1, 0.15) is 12.2 Å². The van der Waals surface area contributed by atoms with Crippen molar-refractivity contribution in [2.24, 2.45) is 0 Å². The zero-order valence-electron chi connectivity index (χ0n) is 13.6. The summed E-state index contributed by atoms with van der Waals surface area (Å²) in [5.41, 5.74) is 1.33. The van der Waals surface area contributed by atoms with Crippen LogP contribution in [0.1, 0.15) is 44.1 Å². The molecule has 0 bridgehead atoms. The molecule has 0 N–H and O–H groups in total. The van der Waals surface area contributed by atoms with Crippen LogP contribution in [0, 0.1) is 0 Å². The smallest absolute Gasteiger partial charge is 0.137 e. The predicted molar refractivity (Wildman–Crippen MR) is 85.7 cm³/mol. The van der Waals surface area contributed by atoms with Crippen molar-refractivity contribution in [3.63, 3.8) is 0 Å². The van der Waals surface area contributed by atoms with E-state index in [0.29, 0.717) is 5.92 Å². The Morgan fingerprint density at radius 2 is 2.18 bits per heavy atom. The summed E-state index contributed by atoms with van der Waals surface area (Å²) < 4.78 is 4.27. The normalized spacial score (nSPS) is 19.6. The lowest BCUT2D eigenvalue weighted by Gasteiger charge is -2.32. The second-order valence-electron chi connectivity index (χ2n) is 6.00. The van der Waals surface area contributed by atoms with Crippen LogP contribution in [0.4, 0.5) is 0 Å². The van der Waals surface area contributed by atoms with Crippen molar-refractivity contribution in [2.45, 2.75) is 52.1 Å². The molecule has 0 saturated carbocycles. The lowest BCUT2D eigenvalue weighted by molar-refractivity contribution is 0.203. The minimum absolute atomic E-state index is 0.521. The Labute approximate surface area is 132 Å². The van der Waals surface area contributed by atoms with Crippen LogP contribution >= 0.6 is 0 Å².